The molecule has 82 valence electrons. The van der Waals surface area contributed by atoms with Crippen LogP contribution in [0.2, 0.25) is 0 Å². The molecule has 2 rings (SSSR count). The number of hydrogen-bond donors (Lipinski definition) is 0. The van der Waals surface area contributed by atoms with Gasteiger partial charge in [-0.25, -0.2) is 0 Å². The first-order valence-corrected chi connectivity index (χ1v) is 5.90. The number of hydrogen-bond acceptors (Lipinski definition) is 2. The Labute approximate surface area is 91.7 Å². The van der Waals surface area contributed by atoms with Crippen molar-refractivity contribution < 1.29 is 4.79 Å². The molecule has 0 bridgehead atoms. The van der Waals surface area contributed by atoms with Crippen molar-refractivity contribution in [3.05, 3.63) is 0 Å². The summed E-state index contributed by atoms with van der Waals surface area (Å²) in [6.07, 6.45) is 4.44. The molecular formula is C13H19NO. The zero-order valence-electron chi connectivity index (χ0n) is 9.84. The van der Waals surface area contributed by atoms with Crippen LogP contribution in [0.5, 0.6) is 0 Å². The van der Waals surface area contributed by atoms with Gasteiger partial charge < -0.3 is 0 Å². The second-order valence-electron chi connectivity index (χ2n) is 6.03. The highest BCUT2D eigenvalue weighted by atomic mass is 16.1. The van der Waals surface area contributed by atoms with Crippen LogP contribution < -0.4 is 0 Å². The Morgan fingerprint density at radius 1 is 1.33 bits per heavy atom. The summed E-state index contributed by atoms with van der Waals surface area (Å²) in [5, 5.41) is 9.41. The number of carbonyl (C=O) groups is 1. The fourth-order valence-electron chi connectivity index (χ4n) is 3.57. The summed E-state index contributed by atoms with van der Waals surface area (Å²) in [6.45, 7) is 6.08. The molecule has 2 fully saturated rings. The standard InChI is InChI=1S/C13H19NO/c1-12(2,3)13(8-14)10-7-5-4-6-9(10)11(13)15/h9-10H,4-7H2,1-3H3. The summed E-state index contributed by atoms with van der Waals surface area (Å²) in [5.41, 5.74) is -0.893. The summed E-state index contributed by atoms with van der Waals surface area (Å²) in [5.74, 6) is 0.767. The third-order valence-corrected chi connectivity index (χ3v) is 4.41. The number of fused-ring (bicyclic) bond motifs is 1. The van der Waals surface area contributed by atoms with Gasteiger partial charge in [-0.15, -0.1) is 0 Å². The van der Waals surface area contributed by atoms with Crippen LogP contribution in [-0.2, 0) is 4.79 Å². The molecule has 0 saturated heterocycles. The minimum Gasteiger partial charge on any atom is -0.298 e. The third-order valence-electron chi connectivity index (χ3n) is 4.41. The molecule has 0 aromatic heterocycles. The van der Waals surface area contributed by atoms with E-state index in [1.165, 1.54) is 12.8 Å². The van der Waals surface area contributed by atoms with Crippen molar-refractivity contribution in [2.75, 3.05) is 0 Å². The van der Waals surface area contributed by atoms with Crippen LogP contribution in [0.15, 0.2) is 0 Å². The maximum atomic E-state index is 12.2. The highest BCUT2D eigenvalue weighted by Crippen LogP contribution is 2.61. The van der Waals surface area contributed by atoms with Crippen LogP contribution in [0.1, 0.15) is 46.5 Å². The van der Waals surface area contributed by atoms with Crippen molar-refractivity contribution in [2.45, 2.75) is 46.5 Å². The van der Waals surface area contributed by atoms with Crippen molar-refractivity contribution >= 4 is 5.78 Å². The van der Waals surface area contributed by atoms with Gasteiger partial charge in [0.15, 0.2) is 5.78 Å². The molecule has 0 N–H and O–H groups in total. The number of Topliss-reactive ketones (excluding diaryl/α,β-unsaturated/α-hetero) is 1. The Morgan fingerprint density at radius 3 is 2.47 bits per heavy atom. The third kappa shape index (κ3) is 1.13. The van der Waals surface area contributed by atoms with Crippen molar-refractivity contribution in [1.29, 1.82) is 5.26 Å². The van der Waals surface area contributed by atoms with E-state index in [0.717, 1.165) is 12.8 Å². The van der Waals surface area contributed by atoms with Gasteiger partial charge in [-0.2, -0.15) is 5.26 Å². The Morgan fingerprint density at radius 2 is 1.93 bits per heavy atom. The molecule has 2 nitrogen and oxygen atoms in total. The molecule has 2 aliphatic rings. The first kappa shape index (κ1) is 10.7. The summed E-state index contributed by atoms with van der Waals surface area (Å²) in [6, 6.07) is 2.35. The van der Waals surface area contributed by atoms with Gasteiger partial charge in [-0.05, 0) is 24.2 Å². The van der Waals surface area contributed by atoms with E-state index in [2.05, 4.69) is 6.07 Å². The number of nitrogens with zero attached hydrogens (tertiary/aromatic N) is 1. The fourth-order valence-corrected chi connectivity index (χ4v) is 3.57. The smallest absolute Gasteiger partial charge is 0.157 e. The van der Waals surface area contributed by atoms with E-state index >= 15 is 0 Å². The maximum Gasteiger partial charge on any atom is 0.157 e. The summed E-state index contributed by atoms with van der Waals surface area (Å²) < 4.78 is 0. The van der Waals surface area contributed by atoms with Gasteiger partial charge in [0.2, 0.25) is 0 Å². The first-order valence-electron chi connectivity index (χ1n) is 5.90. The van der Waals surface area contributed by atoms with Gasteiger partial charge in [-0.1, -0.05) is 33.6 Å². The Bertz CT molecular complexity index is 333. The number of rotatable bonds is 0. The van der Waals surface area contributed by atoms with E-state index in [0.29, 0.717) is 5.92 Å². The van der Waals surface area contributed by atoms with Crippen LogP contribution in [0.25, 0.3) is 0 Å². The van der Waals surface area contributed by atoms with Crippen molar-refractivity contribution in [2.24, 2.45) is 22.7 Å². The molecule has 0 aromatic carbocycles. The second kappa shape index (κ2) is 3.07. The Kier molecular flexibility index (Phi) is 2.19. The van der Waals surface area contributed by atoms with Crippen LogP contribution in [0.4, 0.5) is 0 Å². The molecule has 0 spiro atoms. The van der Waals surface area contributed by atoms with Crippen molar-refractivity contribution in [1.82, 2.24) is 0 Å². The van der Waals surface area contributed by atoms with Gasteiger partial charge in [0.25, 0.3) is 0 Å². The van der Waals surface area contributed by atoms with Gasteiger partial charge in [0, 0.05) is 5.92 Å². The molecule has 2 heteroatoms. The molecular weight excluding hydrogens is 186 g/mol. The zero-order valence-corrected chi connectivity index (χ0v) is 9.84. The average Bonchev–Trinajstić information content (AvgIpc) is 2.16. The summed E-state index contributed by atoms with van der Waals surface area (Å²) in [7, 11) is 0. The predicted molar refractivity (Wildman–Crippen MR) is 58.0 cm³/mol. The Hall–Kier alpha value is -0.840. The molecule has 3 unspecified atom stereocenters. The minimum atomic E-state index is -0.682. The second-order valence-corrected chi connectivity index (χ2v) is 6.03. The fraction of sp³-hybridized carbons (Fsp3) is 0.846. The molecule has 0 aliphatic heterocycles. The van der Waals surface area contributed by atoms with Gasteiger partial charge in [0.1, 0.15) is 5.41 Å². The van der Waals surface area contributed by atoms with E-state index in [1.54, 1.807) is 0 Å². The number of ketones is 1. The van der Waals surface area contributed by atoms with Crippen LogP contribution in [0, 0.1) is 34.0 Å². The van der Waals surface area contributed by atoms with E-state index in [-0.39, 0.29) is 17.1 Å². The maximum absolute atomic E-state index is 12.2. The molecule has 15 heavy (non-hydrogen) atoms. The molecule has 2 aliphatic carbocycles. The molecule has 0 heterocycles. The lowest BCUT2D eigenvalue weighted by molar-refractivity contribution is -0.166. The molecule has 0 amide bonds. The van der Waals surface area contributed by atoms with E-state index < -0.39 is 5.41 Å². The SMILES string of the molecule is CC(C)(C)C1(C#N)C(=O)C2CCCCC21. The van der Waals surface area contributed by atoms with Crippen LogP contribution in [0.3, 0.4) is 0 Å². The number of nitriles is 1. The topological polar surface area (TPSA) is 40.9 Å². The van der Waals surface area contributed by atoms with Crippen LogP contribution >= 0.6 is 0 Å². The quantitative estimate of drug-likeness (QED) is 0.610. The number of carbonyl (C=O) groups excluding carboxylic acids is 1. The van der Waals surface area contributed by atoms with E-state index in [9.17, 15) is 10.1 Å². The summed E-state index contributed by atoms with van der Waals surface area (Å²) >= 11 is 0. The van der Waals surface area contributed by atoms with Gasteiger partial charge >= 0.3 is 0 Å². The zero-order chi connectivity index (χ0) is 11.3. The Balaban J connectivity index is 2.36. The molecule has 2 saturated carbocycles. The lowest BCUT2D eigenvalue weighted by atomic mass is 9.42. The highest BCUT2D eigenvalue weighted by Gasteiger charge is 2.67. The largest absolute Gasteiger partial charge is 0.298 e. The lowest BCUT2D eigenvalue weighted by Gasteiger charge is -2.57. The highest BCUT2D eigenvalue weighted by molar-refractivity contribution is 5.97. The average molecular weight is 205 g/mol. The normalized spacial score (nSPS) is 40.3. The minimum absolute atomic E-state index is 0.206. The van der Waals surface area contributed by atoms with Gasteiger partial charge in [-0.3, -0.25) is 4.79 Å². The van der Waals surface area contributed by atoms with Crippen LogP contribution in [-0.4, -0.2) is 5.78 Å². The van der Waals surface area contributed by atoms with E-state index in [4.69, 9.17) is 0 Å². The van der Waals surface area contributed by atoms with Crippen molar-refractivity contribution in [3.8, 4) is 6.07 Å². The van der Waals surface area contributed by atoms with Gasteiger partial charge in [0.05, 0.1) is 6.07 Å². The monoisotopic (exact) mass is 205 g/mol. The molecule has 0 aromatic rings. The predicted octanol–water partition coefficient (Wildman–Crippen LogP) is 2.93. The molecule has 3 atom stereocenters. The van der Waals surface area contributed by atoms with Crippen molar-refractivity contribution in [3.63, 3.8) is 0 Å². The lowest BCUT2D eigenvalue weighted by Crippen LogP contribution is -2.63. The first-order chi connectivity index (χ1) is 6.95. The summed E-state index contributed by atoms with van der Waals surface area (Å²) in [4.78, 5) is 12.2. The van der Waals surface area contributed by atoms with E-state index in [1.807, 2.05) is 20.8 Å². The molecule has 0 radical (unpaired) electrons.